The number of ether oxygens (including phenoxy) is 3. The van der Waals surface area contributed by atoms with Crippen LogP contribution in [0.25, 0.3) is 0 Å². The lowest BCUT2D eigenvalue weighted by molar-refractivity contribution is -0.129. The zero-order valence-electron chi connectivity index (χ0n) is 21.9. The summed E-state index contributed by atoms with van der Waals surface area (Å²) >= 11 is 13.8. The van der Waals surface area contributed by atoms with E-state index in [4.69, 9.17) is 43.1 Å². The fourth-order valence-corrected chi connectivity index (χ4v) is 5.93. The second kappa shape index (κ2) is 14.8. The molecule has 2 aromatic rings. The summed E-state index contributed by atoms with van der Waals surface area (Å²) in [6.45, 7) is 3.95. The molecule has 0 radical (unpaired) electrons. The molecule has 40 heavy (non-hydrogen) atoms. The molecule has 4 rings (SSSR count). The number of morpholine rings is 1. The van der Waals surface area contributed by atoms with Crippen molar-refractivity contribution in [2.45, 2.75) is 25.1 Å². The predicted octanol–water partition coefficient (Wildman–Crippen LogP) is 2.93. The molecule has 216 valence electrons. The molecule has 2 aliphatic rings. The number of thioether (sulfide) groups is 1. The fourth-order valence-electron chi connectivity index (χ4n) is 4.28. The van der Waals surface area contributed by atoms with E-state index in [1.165, 1.54) is 16.7 Å². The first-order valence-corrected chi connectivity index (χ1v) is 14.8. The van der Waals surface area contributed by atoms with E-state index in [2.05, 4.69) is 10.2 Å². The summed E-state index contributed by atoms with van der Waals surface area (Å²) in [5, 5.41) is 3.75. The quantitative estimate of drug-likeness (QED) is 0.398. The van der Waals surface area contributed by atoms with E-state index in [-0.39, 0.29) is 19.6 Å². The normalized spacial score (nSPS) is 18.2. The zero-order valence-corrected chi connectivity index (χ0v) is 24.2. The van der Waals surface area contributed by atoms with Crippen molar-refractivity contribution in [3.8, 4) is 5.75 Å². The first-order chi connectivity index (χ1) is 19.3. The van der Waals surface area contributed by atoms with Crippen molar-refractivity contribution in [2.24, 2.45) is 5.73 Å². The first-order valence-electron chi connectivity index (χ1n) is 12.9. The van der Waals surface area contributed by atoms with E-state index < -0.39 is 30.0 Å². The lowest BCUT2D eigenvalue weighted by Crippen LogP contribution is -2.54. The van der Waals surface area contributed by atoms with Crippen molar-refractivity contribution in [1.29, 1.82) is 0 Å². The number of benzene rings is 2. The monoisotopic (exact) mass is 610 g/mol. The van der Waals surface area contributed by atoms with Gasteiger partial charge in [-0.3, -0.25) is 19.4 Å². The third-order valence-corrected chi connectivity index (χ3v) is 8.34. The van der Waals surface area contributed by atoms with Gasteiger partial charge in [0, 0.05) is 47.4 Å². The van der Waals surface area contributed by atoms with Crippen LogP contribution in [0.4, 0.5) is 4.79 Å². The van der Waals surface area contributed by atoms with Gasteiger partial charge in [-0.05, 0) is 29.8 Å². The molecule has 13 heteroatoms. The Hall–Kier alpha value is -2.70. The standard InChI is InChI=1S/C27H32Cl2N4O6S/c28-21-2-1-3-22(29)20(21)15-39-19-6-4-18(5-7-19)14-23(25(30)34)31-26(35)24-16-40-17-33(24)27(36)38-13-10-32-8-11-37-12-9-32/h1-7,23-24H,8-17H2,(H2,30,34)(H,31,35)/t23-,24+/m0/s1. The smallest absolute Gasteiger partial charge is 0.411 e. The van der Waals surface area contributed by atoms with Crippen LogP contribution < -0.4 is 15.8 Å². The maximum atomic E-state index is 13.1. The van der Waals surface area contributed by atoms with Crippen molar-refractivity contribution in [2.75, 3.05) is 51.1 Å². The van der Waals surface area contributed by atoms with Crippen molar-refractivity contribution in [1.82, 2.24) is 15.1 Å². The molecule has 2 heterocycles. The summed E-state index contributed by atoms with van der Waals surface area (Å²) in [5.41, 5.74) is 7.06. The van der Waals surface area contributed by atoms with Gasteiger partial charge < -0.3 is 25.3 Å². The Kier molecular flexibility index (Phi) is 11.2. The molecule has 3 N–H and O–H groups in total. The third-order valence-electron chi connectivity index (χ3n) is 6.62. The number of carbonyl (C=O) groups is 3. The van der Waals surface area contributed by atoms with Crippen LogP contribution in [0.2, 0.25) is 10.0 Å². The third kappa shape index (κ3) is 8.40. The zero-order chi connectivity index (χ0) is 28.5. The Morgan fingerprint density at radius 3 is 2.48 bits per heavy atom. The SMILES string of the molecule is NC(=O)[C@H](Cc1ccc(OCc2c(Cl)cccc2Cl)cc1)NC(=O)[C@H]1CSCN1C(=O)OCCN1CCOCC1. The van der Waals surface area contributed by atoms with Crippen molar-refractivity contribution < 1.29 is 28.6 Å². The molecular formula is C27H32Cl2N4O6S. The molecule has 0 bridgehead atoms. The molecule has 10 nitrogen and oxygen atoms in total. The molecule has 0 unspecified atom stereocenters. The van der Waals surface area contributed by atoms with Gasteiger partial charge in [0.05, 0.1) is 19.1 Å². The number of nitrogens with one attached hydrogen (secondary N) is 1. The van der Waals surface area contributed by atoms with Crippen LogP contribution in [0, 0.1) is 0 Å². The average molecular weight is 612 g/mol. The van der Waals surface area contributed by atoms with Crippen molar-refractivity contribution in [3.05, 3.63) is 63.6 Å². The van der Waals surface area contributed by atoms with Gasteiger partial charge in [0.15, 0.2) is 0 Å². The second-order valence-corrected chi connectivity index (χ2v) is 11.2. The highest BCUT2D eigenvalue weighted by Crippen LogP contribution is 2.26. The number of hydrogen-bond donors (Lipinski definition) is 2. The molecular weight excluding hydrogens is 579 g/mol. The van der Waals surface area contributed by atoms with Gasteiger partial charge in [-0.25, -0.2) is 4.79 Å². The Labute approximate surface area is 247 Å². The minimum atomic E-state index is -0.953. The molecule has 2 fully saturated rings. The average Bonchev–Trinajstić information content (AvgIpc) is 3.44. The van der Waals surface area contributed by atoms with Gasteiger partial charge in [0.25, 0.3) is 0 Å². The highest BCUT2D eigenvalue weighted by atomic mass is 35.5. The largest absolute Gasteiger partial charge is 0.489 e. The van der Waals surface area contributed by atoms with E-state index in [0.29, 0.717) is 52.7 Å². The Morgan fingerprint density at radius 1 is 1.10 bits per heavy atom. The van der Waals surface area contributed by atoms with E-state index in [1.807, 2.05) is 0 Å². The number of primary amides is 1. The first kappa shape index (κ1) is 30.3. The van der Waals surface area contributed by atoms with Crippen LogP contribution in [0.15, 0.2) is 42.5 Å². The van der Waals surface area contributed by atoms with E-state index in [1.54, 1.807) is 42.5 Å². The number of amides is 3. The Bertz CT molecular complexity index is 1160. The molecule has 3 amide bonds. The summed E-state index contributed by atoms with van der Waals surface area (Å²) in [7, 11) is 0. The molecule has 2 atom stereocenters. The van der Waals surface area contributed by atoms with Gasteiger partial charge >= 0.3 is 6.09 Å². The minimum absolute atomic E-state index is 0.182. The minimum Gasteiger partial charge on any atom is -0.489 e. The molecule has 2 saturated heterocycles. The maximum absolute atomic E-state index is 13.1. The van der Waals surface area contributed by atoms with Crippen LogP contribution in [-0.2, 0) is 32.1 Å². The van der Waals surface area contributed by atoms with Crippen molar-refractivity contribution >= 4 is 52.9 Å². The van der Waals surface area contributed by atoms with Gasteiger partial charge in [0.2, 0.25) is 11.8 Å². The van der Waals surface area contributed by atoms with Gasteiger partial charge in [-0.1, -0.05) is 41.4 Å². The van der Waals surface area contributed by atoms with E-state index >= 15 is 0 Å². The van der Waals surface area contributed by atoms with Crippen LogP contribution >= 0.6 is 35.0 Å². The molecule has 2 aromatic carbocycles. The number of hydrogen-bond acceptors (Lipinski definition) is 8. The topological polar surface area (TPSA) is 123 Å². The molecule has 2 aliphatic heterocycles. The number of nitrogens with two attached hydrogens (primary N) is 1. The molecule has 0 aliphatic carbocycles. The van der Waals surface area contributed by atoms with Crippen LogP contribution in [0.5, 0.6) is 5.75 Å². The van der Waals surface area contributed by atoms with Gasteiger partial charge in [0.1, 0.15) is 31.0 Å². The summed E-state index contributed by atoms with van der Waals surface area (Å²) in [6.07, 6.45) is -0.371. The second-order valence-electron chi connectivity index (χ2n) is 9.35. The summed E-state index contributed by atoms with van der Waals surface area (Å²) < 4.78 is 16.5. The molecule has 0 aromatic heterocycles. The summed E-state index contributed by atoms with van der Waals surface area (Å²) in [4.78, 5) is 41.5. The fraction of sp³-hybridized carbons (Fsp3) is 0.444. The highest BCUT2D eigenvalue weighted by molar-refractivity contribution is 7.99. The Balaban J connectivity index is 1.27. The number of carbonyl (C=O) groups excluding carboxylic acids is 3. The predicted molar refractivity (Wildman–Crippen MR) is 154 cm³/mol. The summed E-state index contributed by atoms with van der Waals surface area (Å²) in [6, 6.07) is 10.6. The number of halogens is 2. The molecule has 0 saturated carbocycles. The van der Waals surface area contributed by atoms with Crippen LogP contribution in [0.1, 0.15) is 11.1 Å². The number of rotatable bonds is 11. The Morgan fingerprint density at radius 2 is 1.80 bits per heavy atom. The lowest BCUT2D eigenvalue weighted by atomic mass is 10.0. The van der Waals surface area contributed by atoms with Crippen LogP contribution in [-0.4, -0.2) is 90.9 Å². The highest BCUT2D eigenvalue weighted by Gasteiger charge is 2.37. The number of nitrogens with zero attached hydrogens (tertiary/aromatic N) is 2. The lowest BCUT2D eigenvalue weighted by Gasteiger charge is -2.27. The molecule has 0 spiro atoms. The van der Waals surface area contributed by atoms with Gasteiger partial charge in [-0.15, -0.1) is 11.8 Å². The van der Waals surface area contributed by atoms with E-state index in [9.17, 15) is 14.4 Å². The van der Waals surface area contributed by atoms with Crippen molar-refractivity contribution in [3.63, 3.8) is 0 Å². The summed E-state index contributed by atoms with van der Waals surface area (Å²) in [5.74, 6) is 0.196. The van der Waals surface area contributed by atoms with Gasteiger partial charge in [-0.2, -0.15) is 0 Å². The van der Waals surface area contributed by atoms with Crippen LogP contribution in [0.3, 0.4) is 0 Å². The maximum Gasteiger partial charge on any atom is 0.411 e. The van der Waals surface area contributed by atoms with E-state index in [0.717, 1.165) is 18.7 Å².